The zero-order chi connectivity index (χ0) is 16.2. The van der Waals surface area contributed by atoms with Crippen molar-refractivity contribution in [1.82, 2.24) is 4.57 Å². The van der Waals surface area contributed by atoms with Gasteiger partial charge in [-0.25, -0.2) is 0 Å². The molecule has 3 heteroatoms. The van der Waals surface area contributed by atoms with Crippen LogP contribution < -0.4 is 0 Å². The number of hydrogen-bond acceptors (Lipinski definition) is 1. The summed E-state index contributed by atoms with van der Waals surface area (Å²) in [5, 5.41) is 10.2. The second kappa shape index (κ2) is 6.69. The van der Waals surface area contributed by atoms with Gasteiger partial charge in [-0.1, -0.05) is 42.5 Å². The lowest BCUT2D eigenvalue weighted by atomic mass is 10.1. The highest BCUT2D eigenvalue weighted by Gasteiger charge is 2.08. The molecule has 2 aromatic carbocycles. The number of carboxylic acids is 1. The minimum absolute atomic E-state index is 0.0736. The predicted octanol–water partition coefficient (Wildman–Crippen LogP) is 4.21. The zero-order valence-corrected chi connectivity index (χ0v) is 13.3. The van der Waals surface area contributed by atoms with Gasteiger partial charge in [-0.15, -0.1) is 0 Å². The van der Waals surface area contributed by atoms with Crippen molar-refractivity contribution in [1.29, 1.82) is 0 Å². The van der Waals surface area contributed by atoms with Crippen molar-refractivity contribution in [3.63, 3.8) is 0 Å². The van der Waals surface area contributed by atoms with Gasteiger partial charge >= 0.3 is 5.97 Å². The fourth-order valence-corrected chi connectivity index (χ4v) is 3.09. The lowest BCUT2D eigenvalue weighted by Crippen LogP contribution is -2.01. The van der Waals surface area contributed by atoms with E-state index in [1.165, 1.54) is 16.5 Å². The maximum Gasteiger partial charge on any atom is 0.307 e. The molecule has 0 aliphatic carbocycles. The predicted molar refractivity (Wildman–Crippen MR) is 92.8 cm³/mol. The van der Waals surface area contributed by atoms with Gasteiger partial charge in [0, 0.05) is 23.6 Å². The quantitative estimate of drug-likeness (QED) is 0.741. The summed E-state index contributed by atoms with van der Waals surface area (Å²) in [6.07, 6.45) is 4.36. The van der Waals surface area contributed by atoms with E-state index in [9.17, 15) is 4.79 Å². The molecule has 3 rings (SSSR count). The van der Waals surface area contributed by atoms with Crippen molar-refractivity contribution >= 4 is 16.9 Å². The number of aliphatic carboxylic acids is 1. The summed E-state index contributed by atoms with van der Waals surface area (Å²) in [7, 11) is 0. The second-order valence-corrected chi connectivity index (χ2v) is 6.02. The Hall–Kier alpha value is -2.55. The number of benzene rings is 2. The molecule has 1 heterocycles. The van der Waals surface area contributed by atoms with Crippen LogP contribution in [0.25, 0.3) is 10.9 Å². The highest BCUT2D eigenvalue weighted by molar-refractivity contribution is 5.85. The SMILES string of the molecule is Cc1cn(CCCc2ccccc2)c2cc(CC(=O)O)ccc12. The smallest absolute Gasteiger partial charge is 0.307 e. The molecule has 0 unspecified atom stereocenters. The lowest BCUT2D eigenvalue weighted by molar-refractivity contribution is -0.136. The van der Waals surface area contributed by atoms with E-state index >= 15 is 0 Å². The Morgan fingerprint density at radius 2 is 1.87 bits per heavy atom. The van der Waals surface area contributed by atoms with Gasteiger partial charge in [0.15, 0.2) is 0 Å². The summed E-state index contributed by atoms with van der Waals surface area (Å²) in [4.78, 5) is 10.9. The number of carbonyl (C=O) groups is 1. The molecule has 0 saturated heterocycles. The van der Waals surface area contributed by atoms with Crippen molar-refractivity contribution in [3.05, 3.63) is 71.4 Å². The summed E-state index contributed by atoms with van der Waals surface area (Å²) in [6.45, 7) is 3.04. The molecule has 3 nitrogen and oxygen atoms in total. The Morgan fingerprint density at radius 3 is 2.61 bits per heavy atom. The number of aryl methyl sites for hydroxylation is 3. The molecule has 0 amide bonds. The summed E-state index contributed by atoms with van der Waals surface area (Å²) in [6, 6.07) is 16.5. The average molecular weight is 307 g/mol. The Labute approximate surface area is 136 Å². The first kappa shape index (κ1) is 15.3. The molecule has 0 atom stereocenters. The van der Waals surface area contributed by atoms with E-state index in [1.54, 1.807) is 0 Å². The Morgan fingerprint density at radius 1 is 1.09 bits per heavy atom. The molecule has 0 fully saturated rings. The zero-order valence-electron chi connectivity index (χ0n) is 13.3. The van der Waals surface area contributed by atoms with Crippen LogP contribution in [0.15, 0.2) is 54.7 Å². The summed E-state index contributed by atoms with van der Waals surface area (Å²) < 4.78 is 2.25. The number of rotatable bonds is 6. The van der Waals surface area contributed by atoms with E-state index in [0.717, 1.165) is 30.5 Å². The second-order valence-electron chi connectivity index (χ2n) is 6.02. The van der Waals surface area contributed by atoms with Crippen LogP contribution in [0.4, 0.5) is 0 Å². The van der Waals surface area contributed by atoms with Gasteiger partial charge in [0.1, 0.15) is 0 Å². The summed E-state index contributed by atoms with van der Waals surface area (Å²) in [5.74, 6) is -0.789. The van der Waals surface area contributed by atoms with Crippen LogP contribution in [-0.4, -0.2) is 15.6 Å². The molecule has 0 saturated carbocycles. The monoisotopic (exact) mass is 307 g/mol. The molecule has 23 heavy (non-hydrogen) atoms. The number of hydrogen-bond donors (Lipinski definition) is 1. The standard InChI is InChI=1S/C20H21NO2/c1-15-14-21(11-5-8-16-6-3-2-4-7-16)19-12-17(13-20(22)23)9-10-18(15)19/h2-4,6-7,9-10,12,14H,5,8,11,13H2,1H3,(H,22,23). The molecule has 1 aromatic heterocycles. The fourth-order valence-electron chi connectivity index (χ4n) is 3.09. The minimum atomic E-state index is -0.789. The highest BCUT2D eigenvalue weighted by atomic mass is 16.4. The van der Waals surface area contributed by atoms with Crippen LogP contribution in [0.5, 0.6) is 0 Å². The molecular weight excluding hydrogens is 286 g/mol. The van der Waals surface area contributed by atoms with Crippen LogP contribution in [-0.2, 0) is 24.2 Å². The van der Waals surface area contributed by atoms with E-state index < -0.39 is 5.97 Å². The van der Waals surface area contributed by atoms with Gasteiger partial charge in [0.2, 0.25) is 0 Å². The molecule has 3 aromatic rings. The topological polar surface area (TPSA) is 42.2 Å². The molecule has 0 radical (unpaired) electrons. The fraction of sp³-hybridized carbons (Fsp3) is 0.250. The third-order valence-electron chi connectivity index (χ3n) is 4.21. The number of aromatic nitrogens is 1. The maximum atomic E-state index is 10.9. The average Bonchev–Trinajstić information content (AvgIpc) is 2.84. The largest absolute Gasteiger partial charge is 0.481 e. The Kier molecular flexibility index (Phi) is 4.47. The van der Waals surface area contributed by atoms with E-state index in [-0.39, 0.29) is 6.42 Å². The molecular formula is C20H21NO2. The van der Waals surface area contributed by atoms with Crippen LogP contribution in [0.1, 0.15) is 23.1 Å². The maximum absolute atomic E-state index is 10.9. The van der Waals surface area contributed by atoms with Crippen molar-refractivity contribution in [2.24, 2.45) is 0 Å². The van der Waals surface area contributed by atoms with E-state index in [0.29, 0.717) is 0 Å². The third kappa shape index (κ3) is 3.62. The van der Waals surface area contributed by atoms with Gasteiger partial charge in [0.25, 0.3) is 0 Å². The Balaban J connectivity index is 1.78. The van der Waals surface area contributed by atoms with Crippen LogP contribution in [0, 0.1) is 6.92 Å². The minimum Gasteiger partial charge on any atom is -0.481 e. The van der Waals surface area contributed by atoms with Gasteiger partial charge in [-0.2, -0.15) is 0 Å². The summed E-state index contributed by atoms with van der Waals surface area (Å²) in [5.41, 5.74) is 4.58. The van der Waals surface area contributed by atoms with E-state index in [1.807, 2.05) is 24.3 Å². The van der Waals surface area contributed by atoms with Gasteiger partial charge < -0.3 is 9.67 Å². The summed E-state index contributed by atoms with van der Waals surface area (Å²) >= 11 is 0. The van der Waals surface area contributed by atoms with E-state index in [2.05, 4.69) is 42.0 Å². The first-order valence-corrected chi connectivity index (χ1v) is 7.97. The normalized spacial score (nSPS) is 11.0. The molecule has 0 bridgehead atoms. The third-order valence-corrected chi connectivity index (χ3v) is 4.21. The Bertz CT molecular complexity index is 818. The molecule has 0 spiro atoms. The van der Waals surface area contributed by atoms with Crippen molar-refractivity contribution in [2.45, 2.75) is 32.7 Å². The number of fused-ring (bicyclic) bond motifs is 1. The van der Waals surface area contributed by atoms with Gasteiger partial charge in [-0.3, -0.25) is 4.79 Å². The molecule has 0 aliphatic heterocycles. The van der Waals surface area contributed by atoms with Crippen LogP contribution in [0.3, 0.4) is 0 Å². The highest BCUT2D eigenvalue weighted by Crippen LogP contribution is 2.23. The van der Waals surface area contributed by atoms with Gasteiger partial charge in [-0.05, 0) is 42.5 Å². The van der Waals surface area contributed by atoms with Crippen molar-refractivity contribution in [2.75, 3.05) is 0 Å². The molecule has 118 valence electrons. The van der Waals surface area contributed by atoms with Crippen molar-refractivity contribution < 1.29 is 9.90 Å². The first-order chi connectivity index (χ1) is 11.1. The lowest BCUT2D eigenvalue weighted by Gasteiger charge is -2.07. The van der Waals surface area contributed by atoms with Crippen LogP contribution >= 0.6 is 0 Å². The molecule has 1 N–H and O–H groups in total. The number of carboxylic acid groups (broad SMARTS) is 1. The number of nitrogens with zero attached hydrogens (tertiary/aromatic N) is 1. The van der Waals surface area contributed by atoms with Crippen LogP contribution in [0.2, 0.25) is 0 Å². The van der Waals surface area contributed by atoms with E-state index in [4.69, 9.17) is 5.11 Å². The first-order valence-electron chi connectivity index (χ1n) is 7.97. The molecule has 0 aliphatic rings. The van der Waals surface area contributed by atoms with Crippen molar-refractivity contribution in [3.8, 4) is 0 Å². The van der Waals surface area contributed by atoms with Gasteiger partial charge in [0.05, 0.1) is 6.42 Å².